The second-order valence-electron chi connectivity index (χ2n) is 4.07. The third kappa shape index (κ3) is 11.6. The summed E-state index contributed by atoms with van der Waals surface area (Å²) in [5, 5.41) is 9.02. The fourth-order valence-electron chi connectivity index (χ4n) is 1.55. The molecular formula is C12H24O2. The Morgan fingerprint density at radius 3 is 2.00 bits per heavy atom. The van der Waals surface area contributed by atoms with E-state index in [2.05, 4.69) is 0 Å². The Morgan fingerprint density at radius 2 is 1.50 bits per heavy atom. The van der Waals surface area contributed by atoms with E-state index in [0.717, 1.165) is 32.0 Å². The number of hydrogen-bond acceptors (Lipinski definition) is 2. The van der Waals surface area contributed by atoms with Gasteiger partial charge in [0, 0.05) is 6.42 Å². The monoisotopic (exact) mass is 200 g/mol. The van der Waals surface area contributed by atoms with Crippen LogP contribution in [-0.2, 0) is 4.79 Å². The zero-order valence-electron chi connectivity index (χ0n) is 9.37. The van der Waals surface area contributed by atoms with E-state index in [9.17, 15) is 4.79 Å². The molecule has 0 aliphatic heterocycles. The lowest BCUT2D eigenvalue weighted by Crippen LogP contribution is -1.98. The van der Waals surface area contributed by atoms with Gasteiger partial charge < -0.3 is 9.90 Å². The topological polar surface area (TPSA) is 37.3 Å². The predicted octanol–water partition coefficient (Wildman–Crippen LogP) is 3.08. The SMILES string of the molecule is CC(O)CCCCCCCCCC=O. The highest BCUT2D eigenvalue weighted by Crippen LogP contribution is 2.10. The average molecular weight is 200 g/mol. The molecule has 0 saturated carbocycles. The number of hydrogen-bond donors (Lipinski definition) is 1. The maximum absolute atomic E-state index is 10.0. The van der Waals surface area contributed by atoms with Crippen LogP contribution in [-0.4, -0.2) is 17.5 Å². The maximum Gasteiger partial charge on any atom is 0.119 e. The minimum Gasteiger partial charge on any atom is -0.393 e. The molecule has 2 nitrogen and oxygen atoms in total. The van der Waals surface area contributed by atoms with E-state index >= 15 is 0 Å². The Morgan fingerprint density at radius 1 is 1.00 bits per heavy atom. The molecule has 0 saturated heterocycles. The van der Waals surface area contributed by atoms with Gasteiger partial charge in [0.1, 0.15) is 6.29 Å². The summed E-state index contributed by atoms with van der Waals surface area (Å²) in [5.74, 6) is 0. The molecule has 0 fully saturated rings. The molecule has 0 amide bonds. The normalized spacial score (nSPS) is 12.7. The molecule has 0 bridgehead atoms. The number of rotatable bonds is 10. The molecule has 14 heavy (non-hydrogen) atoms. The van der Waals surface area contributed by atoms with Gasteiger partial charge in [-0.1, -0.05) is 38.5 Å². The van der Waals surface area contributed by atoms with Gasteiger partial charge in [-0.3, -0.25) is 0 Å². The standard InChI is InChI=1S/C12H24O2/c1-12(14)10-8-6-4-2-3-5-7-9-11-13/h11-12,14H,2-10H2,1H3. The van der Waals surface area contributed by atoms with E-state index in [4.69, 9.17) is 5.11 Å². The van der Waals surface area contributed by atoms with Crippen LogP contribution in [0, 0.1) is 0 Å². The zero-order valence-corrected chi connectivity index (χ0v) is 9.37. The largest absolute Gasteiger partial charge is 0.393 e. The van der Waals surface area contributed by atoms with Crippen LogP contribution in [0.15, 0.2) is 0 Å². The number of carbonyl (C=O) groups is 1. The van der Waals surface area contributed by atoms with Crippen molar-refractivity contribution in [2.24, 2.45) is 0 Å². The second-order valence-corrected chi connectivity index (χ2v) is 4.07. The van der Waals surface area contributed by atoms with Gasteiger partial charge in [-0.25, -0.2) is 0 Å². The van der Waals surface area contributed by atoms with E-state index in [1.807, 2.05) is 6.92 Å². The lowest BCUT2D eigenvalue weighted by Gasteiger charge is -2.03. The molecule has 0 aromatic carbocycles. The highest BCUT2D eigenvalue weighted by molar-refractivity contribution is 5.48. The van der Waals surface area contributed by atoms with Crippen molar-refractivity contribution in [3.05, 3.63) is 0 Å². The third-order valence-electron chi connectivity index (χ3n) is 2.44. The van der Waals surface area contributed by atoms with Crippen LogP contribution < -0.4 is 0 Å². The average Bonchev–Trinajstić information content (AvgIpc) is 2.15. The Labute approximate surface area is 87.7 Å². The zero-order chi connectivity index (χ0) is 10.6. The highest BCUT2D eigenvalue weighted by Gasteiger charge is 1.95. The first-order valence-corrected chi connectivity index (χ1v) is 5.89. The first-order valence-electron chi connectivity index (χ1n) is 5.89. The molecule has 1 N–H and O–H groups in total. The van der Waals surface area contributed by atoms with Gasteiger partial charge in [0.2, 0.25) is 0 Å². The Bertz CT molecular complexity index is 121. The minimum atomic E-state index is -0.136. The molecule has 0 aromatic rings. The van der Waals surface area contributed by atoms with Crippen LogP contribution >= 0.6 is 0 Å². The van der Waals surface area contributed by atoms with Gasteiger partial charge in [0.25, 0.3) is 0 Å². The third-order valence-corrected chi connectivity index (χ3v) is 2.44. The lowest BCUT2D eigenvalue weighted by atomic mass is 10.1. The first kappa shape index (κ1) is 13.6. The van der Waals surface area contributed by atoms with E-state index in [-0.39, 0.29) is 6.10 Å². The summed E-state index contributed by atoms with van der Waals surface area (Å²) >= 11 is 0. The van der Waals surface area contributed by atoms with Crippen molar-refractivity contribution < 1.29 is 9.90 Å². The summed E-state index contributed by atoms with van der Waals surface area (Å²) in [6.07, 6.45) is 10.9. The van der Waals surface area contributed by atoms with Gasteiger partial charge in [0.15, 0.2) is 0 Å². The van der Waals surface area contributed by atoms with Crippen molar-refractivity contribution in [3.8, 4) is 0 Å². The molecule has 0 aliphatic carbocycles. The number of aliphatic hydroxyl groups excluding tert-OH is 1. The van der Waals surface area contributed by atoms with Crippen LogP contribution in [0.2, 0.25) is 0 Å². The first-order chi connectivity index (χ1) is 6.77. The van der Waals surface area contributed by atoms with Gasteiger partial charge in [-0.15, -0.1) is 0 Å². The van der Waals surface area contributed by atoms with E-state index < -0.39 is 0 Å². The molecule has 0 spiro atoms. The predicted molar refractivity (Wildman–Crippen MR) is 59.3 cm³/mol. The maximum atomic E-state index is 10.0. The van der Waals surface area contributed by atoms with Gasteiger partial charge in [-0.2, -0.15) is 0 Å². The summed E-state index contributed by atoms with van der Waals surface area (Å²) in [5.41, 5.74) is 0. The van der Waals surface area contributed by atoms with Crippen molar-refractivity contribution in [2.75, 3.05) is 0 Å². The van der Waals surface area contributed by atoms with Crippen molar-refractivity contribution in [2.45, 2.75) is 70.8 Å². The summed E-state index contributed by atoms with van der Waals surface area (Å²) in [6, 6.07) is 0. The summed E-state index contributed by atoms with van der Waals surface area (Å²) in [6.45, 7) is 1.85. The Balaban J connectivity index is 2.88. The molecule has 1 unspecified atom stereocenters. The van der Waals surface area contributed by atoms with Crippen molar-refractivity contribution in [1.29, 1.82) is 0 Å². The van der Waals surface area contributed by atoms with Gasteiger partial charge >= 0.3 is 0 Å². The summed E-state index contributed by atoms with van der Waals surface area (Å²) in [4.78, 5) is 10.0. The van der Waals surface area contributed by atoms with Crippen molar-refractivity contribution >= 4 is 6.29 Å². The van der Waals surface area contributed by atoms with E-state index in [0.29, 0.717) is 0 Å². The van der Waals surface area contributed by atoms with Crippen LogP contribution in [0.4, 0.5) is 0 Å². The lowest BCUT2D eigenvalue weighted by molar-refractivity contribution is -0.107. The van der Waals surface area contributed by atoms with Crippen LogP contribution in [0.5, 0.6) is 0 Å². The number of aldehydes is 1. The highest BCUT2D eigenvalue weighted by atomic mass is 16.3. The Hall–Kier alpha value is -0.370. The fourth-order valence-corrected chi connectivity index (χ4v) is 1.55. The molecular weight excluding hydrogens is 176 g/mol. The van der Waals surface area contributed by atoms with Crippen molar-refractivity contribution in [3.63, 3.8) is 0 Å². The minimum absolute atomic E-state index is 0.136. The van der Waals surface area contributed by atoms with Crippen LogP contribution in [0.25, 0.3) is 0 Å². The van der Waals surface area contributed by atoms with Gasteiger partial charge in [-0.05, 0) is 19.8 Å². The quantitative estimate of drug-likeness (QED) is 0.434. The molecule has 0 radical (unpaired) electrons. The van der Waals surface area contributed by atoms with E-state index in [1.54, 1.807) is 0 Å². The number of unbranched alkanes of at least 4 members (excludes halogenated alkanes) is 7. The van der Waals surface area contributed by atoms with Crippen molar-refractivity contribution in [1.82, 2.24) is 0 Å². The van der Waals surface area contributed by atoms with Crippen LogP contribution in [0.3, 0.4) is 0 Å². The molecule has 0 rings (SSSR count). The second kappa shape index (κ2) is 10.7. The smallest absolute Gasteiger partial charge is 0.119 e. The fraction of sp³-hybridized carbons (Fsp3) is 0.917. The van der Waals surface area contributed by atoms with Gasteiger partial charge in [0.05, 0.1) is 6.10 Å². The number of carbonyl (C=O) groups excluding carboxylic acids is 1. The van der Waals surface area contributed by atoms with E-state index in [1.165, 1.54) is 32.1 Å². The summed E-state index contributed by atoms with van der Waals surface area (Å²) in [7, 11) is 0. The molecule has 2 heteroatoms. The number of aliphatic hydroxyl groups is 1. The molecule has 0 aromatic heterocycles. The molecule has 1 atom stereocenters. The summed E-state index contributed by atoms with van der Waals surface area (Å²) < 4.78 is 0. The molecule has 0 heterocycles. The Kier molecular flexibility index (Phi) is 10.4. The molecule has 0 aliphatic rings. The van der Waals surface area contributed by atoms with Crippen LogP contribution in [0.1, 0.15) is 64.7 Å². The molecule has 84 valence electrons.